The van der Waals surface area contributed by atoms with Gasteiger partial charge in [0.15, 0.2) is 0 Å². The van der Waals surface area contributed by atoms with Crippen LogP contribution in [0, 0.1) is 0 Å². The maximum absolute atomic E-state index is 5.64. The summed E-state index contributed by atoms with van der Waals surface area (Å²) >= 11 is 0. The lowest BCUT2D eigenvalue weighted by Crippen LogP contribution is -2.21. The molecule has 3 N–H and O–H groups in total. The Morgan fingerprint density at radius 3 is 3.38 bits per heavy atom. The van der Waals surface area contributed by atoms with Crippen molar-refractivity contribution < 1.29 is 0 Å². The Bertz CT molecular complexity index is 88.5. The molecule has 8 heavy (non-hydrogen) atoms. The molecule has 1 aliphatic rings. The first kappa shape index (κ1) is 5.63. The van der Waals surface area contributed by atoms with Crippen molar-refractivity contribution in [3.8, 4) is 0 Å². The minimum Gasteiger partial charge on any atom is -0.391 e. The molecule has 1 unspecified atom stereocenters. The van der Waals surface area contributed by atoms with Gasteiger partial charge in [0.25, 0.3) is 0 Å². The maximum atomic E-state index is 5.64. The van der Waals surface area contributed by atoms with Gasteiger partial charge in [-0.3, -0.25) is 0 Å². The van der Waals surface area contributed by atoms with Gasteiger partial charge in [0.1, 0.15) is 0 Å². The molecule has 1 atom stereocenters. The minimum atomic E-state index is 0.376. The van der Waals surface area contributed by atoms with Crippen LogP contribution in [0.3, 0.4) is 0 Å². The first-order chi connectivity index (χ1) is 3.89. The zero-order valence-corrected chi connectivity index (χ0v) is 4.93. The second kappa shape index (κ2) is 2.72. The predicted molar refractivity (Wildman–Crippen MR) is 34.4 cm³/mol. The summed E-state index contributed by atoms with van der Waals surface area (Å²) in [5.41, 5.74) is 5.64. The molecule has 1 rings (SSSR count). The van der Waals surface area contributed by atoms with E-state index in [1.807, 2.05) is 6.20 Å². The molecule has 2 nitrogen and oxygen atoms in total. The number of nitrogens with two attached hydrogens (primary N) is 1. The second-order valence-corrected chi connectivity index (χ2v) is 2.14. The molecule has 0 bridgehead atoms. The maximum Gasteiger partial charge on any atom is 0.0156 e. The molecule has 2 heteroatoms. The zero-order valence-electron chi connectivity index (χ0n) is 4.93. The summed E-state index contributed by atoms with van der Waals surface area (Å²) in [6.07, 6.45) is 6.17. The van der Waals surface area contributed by atoms with Gasteiger partial charge in [-0.1, -0.05) is 6.08 Å². The summed E-state index contributed by atoms with van der Waals surface area (Å²) in [4.78, 5) is 0. The highest BCUT2D eigenvalue weighted by molar-refractivity contribution is 4.87. The van der Waals surface area contributed by atoms with Gasteiger partial charge in [-0.15, -0.1) is 0 Å². The fourth-order valence-corrected chi connectivity index (χ4v) is 0.796. The van der Waals surface area contributed by atoms with Gasteiger partial charge in [-0.2, -0.15) is 0 Å². The lowest BCUT2D eigenvalue weighted by atomic mass is 10.2. The summed E-state index contributed by atoms with van der Waals surface area (Å²) < 4.78 is 0. The first-order valence-corrected chi connectivity index (χ1v) is 3.03. The van der Waals surface area contributed by atoms with Gasteiger partial charge in [0.05, 0.1) is 0 Å². The van der Waals surface area contributed by atoms with Crippen LogP contribution in [-0.4, -0.2) is 12.6 Å². The average Bonchev–Trinajstić information content (AvgIpc) is 1.94. The van der Waals surface area contributed by atoms with E-state index in [0.717, 1.165) is 19.4 Å². The van der Waals surface area contributed by atoms with Gasteiger partial charge in [-0.25, -0.2) is 0 Å². The third-order valence-corrected chi connectivity index (χ3v) is 1.33. The molecule has 0 aliphatic carbocycles. The van der Waals surface area contributed by atoms with E-state index < -0.39 is 0 Å². The Morgan fingerprint density at radius 2 is 2.50 bits per heavy atom. The summed E-state index contributed by atoms with van der Waals surface area (Å²) in [7, 11) is 0. The molecule has 0 amide bonds. The Kier molecular flexibility index (Phi) is 1.92. The molecule has 1 aliphatic heterocycles. The molecule has 0 saturated heterocycles. The van der Waals surface area contributed by atoms with Crippen molar-refractivity contribution in [3.63, 3.8) is 0 Å². The third kappa shape index (κ3) is 1.54. The molecule has 0 fully saturated rings. The normalized spacial score (nSPS) is 28.9. The molecule has 0 spiro atoms. The Hall–Kier alpha value is -0.500. The highest BCUT2D eigenvalue weighted by atomic mass is 14.8. The van der Waals surface area contributed by atoms with Crippen LogP contribution >= 0.6 is 0 Å². The molecule has 0 aromatic carbocycles. The molecular weight excluding hydrogens is 100 g/mol. The van der Waals surface area contributed by atoms with Crippen molar-refractivity contribution in [3.05, 3.63) is 12.3 Å². The predicted octanol–water partition coefficient (Wildman–Crippen LogP) is 0.211. The number of rotatable bonds is 0. The third-order valence-electron chi connectivity index (χ3n) is 1.33. The zero-order chi connectivity index (χ0) is 5.82. The van der Waals surface area contributed by atoms with Crippen LogP contribution in [0.5, 0.6) is 0 Å². The van der Waals surface area contributed by atoms with E-state index >= 15 is 0 Å². The van der Waals surface area contributed by atoms with Crippen molar-refractivity contribution in [2.45, 2.75) is 18.9 Å². The van der Waals surface area contributed by atoms with Crippen LogP contribution in [0.1, 0.15) is 12.8 Å². The molecule has 1 heterocycles. The van der Waals surface area contributed by atoms with Gasteiger partial charge < -0.3 is 11.1 Å². The SMILES string of the molecule is NC1CC=CNCC1. The van der Waals surface area contributed by atoms with Gasteiger partial charge in [-0.05, 0) is 19.0 Å². The highest BCUT2D eigenvalue weighted by Gasteiger charge is 2.00. The van der Waals surface area contributed by atoms with Crippen LogP contribution in [0.4, 0.5) is 0 Å². The van der Waals surface area contributed by atoms with Gasteiger partial charge in [0.2, 0.25) is 0 Å². The monoisotopic (exact) mass is 112 g/mol. The largest absolute Gasteiger partial charge is 0.391 e. The van der Waals surface area contributed by atoms with E-state index in [9.17, 15) is 0 Å². The van der Waals surface area contributed by atoms with Gasteiger partial charge in [0, 0.05) is 12.6 Å². The quantitative estimate of drug-likeness (QED) is 0.470. The summed E-state index contributed by atoms with van der Waals surface area (Å²) in [6, 6.07) is 0.376. The van der Waals surface area contributed by atoms with E-state index in [-0.39, 0.29) is 0 Å². The lowest BCUT2D eigenvalue weighted by molar-refractivity contribution is 0.622. The number of hydrogen-bond donors (Lipinski definition) is 2. The standard InChI is InChI=1S/C6H12N2/c7-6-2-1-4-8-5-3-6/h1,4,6,8H,2-3,5,7H2. The summed E-state index contributed by atoms with van der Waals surface area (Å²) in [5, 5.41) is 3.12. The van der Waals surface area contributed by atoms with E-state index in [1.54, 1.807) is 0 Å². The van der Waals surface area contributed by atoms with Crippen molar-refractivity contribution in [2.75, 3.05) is 6.54 Å². The van der Waals surface area contributed by atoms with Crippen molar-refractivity contribution in [2.24, 2.45) is 5.73 Å². The summed E-state index contributed by atoms with van der Waals surface area (Å²) in [6.45, 7) is 1.03. The second-order valence-electron chi connectivity index (χ2n) is 2.14. The van der Waals surface area contributed by atoms with E-state index in [1.165, 1.54) is 0 Å². The molecule has 46 valence electrons. The average molecular weight is 112 g/mol. The lowest BCUT2D eigenvalue weighted by Gasteiger charge is -2.02. The Morgan fingerprint density at radius 1 is 1.62 bits per heavy atom. The smallest absolute Gasteiger partial charge is 0.0156 e. The molecule has 0 aromatic heterocycles. The number of nitrogens with one attached hydrogen (secondary N) is 1. The Labute approximate surface area is 49.8 Å². The van der Waals surface area contributed by atoms with Crippen molar-refractivity contribution in [1.82, 2.24) is 5.32 Å². The van der Waals surface area contributed by atoms with Crippen molar-refractivity contribution >= 4 is 0 Å². The van der Waals surface area contributed by atoms with Crippen LogP contribution in [0.2, 0.25) is 0 Å². The van der Waals surface area contributed by atoms with Crippen LogP contribution < -0.4 is 11.1 Å². The fraction of sp³-hybridized carbons (Fsp3) is 0.667. The topological polar surface area (TPSA) is 38.0 Å². The fourth-order valence-electron chi connectivity index (χ4n) is 0.796. The van der Waals surface area contributed by atoms with Gasteiger partial charge >= 0.3 is 0 Å². The number of hydrogen-bond acceptors (Lipinski definition) is 2. The molecule has 0 aromatic rings. The highest BCUT2D eigenvalue weighted by Crippen LogP contribution is 1.97. The Balaban J connectivity index is 2.30. The van der Waals surface area contributed by atoms with Crippen LogP contribution in [0.15, 0.2) is 12.3 Å². The van der Waals surface area contributed by atoms with Crippen LogP contribution in [0.25, 0.3) is 0 Å². The first-order valence-electron chi connectivity index (χ1n) is 3.03. The van der Waals surface area contributed by atoms with E-state index in [2.05, 4.69) is 11.4 Å². The van der Waals surface area contributed by atoms with Crippen LogP contribution in [-0.2, 0) is 0 Å². The molecule has 0 saturated carbocycles. The minimum absolute atomic E-state index is 0.376. The van der Waals surface area contributed by atoms with Crippen molar-refractivity contribution in [1.29, 1.82) is 0 Å². The van der Waals surface area contributed by atoms with E-state index in [0.29, 0.717) is 6.04 Å². The molecule has 0 radical (unpaired) electrons. The molecular formula is C6H12N2. The van der Waals surface area contributed by atoms with E-state index in [4.69, 9.17) is 5.73 Å². The summed E-state index contributed by atoms with van der Waals surface area (Å²) in [5.74, 6) is 0.